The Balaban J connectivity index is 1.80. The molecule has 22 heavy (non-hydrogen) atoms. The van der Waals surface area contributed by atoms with Crippen LogP contribution >= 0.6 is 58.1 Å². The molecule has 2 aromatic rings. The van der Waals surface area contributed by atoms with Crippen molar-refractivity contribution in [3.05, 3.63) is 33.8 Å². The van der Waals surface area contributed by atoms with Crippen molar-refractivity contribution in [2.75, 3.05) is 16.8 Å². The van der Waals surface area contributed by atoms with Crippen LogP contribution in [0.1, 0.15) is 12.5 Å². The fourth-order valence-corrected chi connectivity index (χ4v) is 4.74. The van der Waals surface area contributed by atoms with Crippen molar-refractivity contribution >= 4 is 69.1 Å². The van der Waals surface area contributed by atoms with E-state index in [1.807, 2.05) is 6.92 Å². The predicted molar refractivity (Wildman–Crippen MR) is 97.6 cm³/mol. The third-order valence-electron chi connectivity index (χ3n) is 2.46. The number of carbonyl (C=O) groups is 1. The van der Waals surface area contributed by atoms with Crippen LogP contribution in [0.4, 0.5) is 5.13 Å². The zero-order valence-electron chi connectivity index (χ0n) is 11.6. The third-order valence-corrected chi connectivity index (χ3v) is 5.98. The van der Waals surface area contributed by atoms with Crippen LogP contribution in [0.5, 0.6) is 0 Å². The number of hydrogen-bond acceptors (Lipinski definition) is 6. The van der Waals surface area contributed by atoms with E-state index in [-0.39, 0.29) is 5.91 Å². The van der Waals surface area contributed by atoms with Crippen LogP contribution in [0, 0.1) is 0 Å². The second-order valence-electron chi connectivity index (χ2n) is 4.05. The number of amides is 1. The van der Waals surface area contributed by atoms with E-state index in [4.69, 9.17) is 23.2 Å². The van der Waals surface area contributed by atoms with Gasteiger partial charge in [0.25, 0.3) is 0 Å². The standard InChI is InChI=1S/C13H13Cl2N3OS3/c1-2-21-13-18-17-12(22-13)16-11(19)7-20-6-8-9(14)4-3-5-10(8)15/h3-5H,2,6-7H2,1H3,(H,16,17,19). The number of nitrogens with one attached hydrogen (secondary N) is 1. The van der Waals surface area contributed by atoms with Gasteiger partial charge in [0.1, 0.15) is 0 Å². The minimum Gasteiger partial charge on any atom is -0.300 e. The van der Waals surface area contributed by atoms with E-state index in [1.165, 1.54) is 23.1 Å². The lowest BCUT2D eigenvalue weighted by Crippen LogP contribution is -2.14. The third kappa shape index (κ3) is 5.31. The van der Waals surface area contributed by atoms with Gasteiger partial charge in [0.05, 0.1) is 5.75 Å². The number of carbonyl (C=O) groups excluding carboxylic acids is 1. The number of anilines is 1. The average Bonchev–Trinajstić information content (AvgIpc) is 2.90. The summed E-state index contributed by atoms with van der Waals surface area (Å²) in [5.41, 5.74) is 0.848. The summed E-state index contributed by atoms with van der Waals surface area (Å²) in [4.78, 5) is 11.9. The Labute approximate surface area is 151 Å². The van der Waals surface area contributed by atoms with Crippen molar-refractivity contribution in [2.24, 2.45) is 0 Å². The summed E-state index contributed by atoms with van der Waals surface area (Å²) in [5.74, 6) is 1.70. The van der Waals surface area contributed by atoms with Gasteiger partial charge >= 0.3 is 0 Å². The molecule has 4 nitrogen and oxygen atoms in total. The molecular formula is C13H13Cl2N3OS3. The van der Waals surface area contributed by atoms with E-state index in [2.05, 4.69) is 15.5 Å². The quantitative estimate of drug-likeness (QED) is 0.539. The highest BCUT2D eigenvalue weighted by Gasteiger charge is 2.10. The van der Waals surface area contributed by atoms with Crippen molar-refractivity contribution in [3.8, 4) is 0 Å². The molecule has 0 aliphatic heterocycles. The highest BCUT2D eigenvalue weighted by molar-refractivity contribution is 8.01. The Morgan fingerprint density at radius 3 is 2.73 bits per heavy atom. The van der Waals surface area contributed by atoms with E-state index in [9.17, 15) is 4.79 Å². The molecule has 0 spiro atoms. The highest BCUT2D eigenvalue weighted by Crippen LogP contribution is 2.28. The second-order valence-corrected chi connectivity index (χ2v) is 8.34. The number of nitrogens with zero attached hydrogens (tertiary/aromatic N) is 2. The Bertz CT molecular complexity index is 631. The Hall–Kier alpha value is -0.470. The number of aromatic nitrogens is 2. The largest absolute Gasteiger partial charge is 0.300 e. The highest BCUT2D eigenvalue weighted by atomic mass is 35.5. The molecule has 1 amide bonds. The summed E-state index contributed by atoms with van der Waals surface area (Å²) in [6.45, 7) is 2.04. The number of benzene rings is 1. The van der Waals surface area contributed by atoms with Crippen LogP contribution in [0.2, 0.25) is 10.0 Å². The van der Waals surface area contributed by atoms with Gasteiger partial charge in [0.2, 0.25) is 11.0 Å². The predicted octanol–water partition coefficient (Wildman–Crippen LogP) is 4.83. The first-order chi connectivity index (χ1) is 10.6. The lowest BCUT2D eigenvalue weighted by atomic mass is 10.2. The minimum atomic E-state index is -0.114. The zero-order valence-corrected chi connectivity index (χ0v) is 15.6. The Kier molecular flexibility index (Phi) is 7.30. The molecule has 1 N–H and O–H groups in total. The number of thioether (sulfide) groups is 2. The maximum atomic E-state index is 11.9. The van der Waals surface area contributed by atoms with Gasteiger partial charge in [-0.15, -0.1) is 22.0 Å². The van der Waals surface area contributed by atoms with Gasteiger partial charge in [0.15, 0.2) is 4.34 Å². The van der Waals surface area contributed by atoms with Crippen LogP contribution in [0.3, 0.4) is 0 Å². The molecule has 0 bridgehead atoms. The maximum Gasteiger partial charge on any atom is 0.236 e. The molecule has 0 unspecified atom stereocenters. The normalized spacial score (nSPS) is 10.7. The fraction of sp³-hybridized carbons (Fsp3) is 0.308. The summed E-state index contributed by atoms with van der Waals surface area (Å²) in [7, 11) is 0. The van der Waals surface area contributed by atoms with Gasteiger partial charge in [-0.1, -0.05) is 59.3 Å². The molecule has 1 aromatic carbocycles. The van der Waals surface area contributed by atoms with Gasteiger partial charge in [-0.3, -0.25) is 10.1 Å². The van der Waals surface area contributed by atoms with Crippen molar-refractivity contribution in [1.29, 1.82) is 0 Å². The lowest BCUT2D eigenvalue weighted by Gasteiger charge is -2.06. The molecule has 2 rings (SSSR count). The topological polar surface area (TPSA) is 54.9 Å². The molecule has 0 aliphatic carbocycles. The molecule has 0 fully saturated rings. The molecule has 1 heterocycles. The SMILES string of the molecule is CCSc1nnc(NC(=O)CSCc2c(Cl)cccc2Cl)s1. The molecule has 9 heteroatoms. The van der Waals surface area contributed by atoms with E-state index in [0.717, 1.165) is 15.7 Å². The molecule has 0 saturated carbocycles. The molecular weight excluding hydrogens is 381 g/mol. The van der Waals surface area contributed by atoms with Gasteiger partial charge < -0.3 is 0 Å². The number of rotatable bonds is 7. The number of hydrogen-bond donors (Lipinski definition) is 1. The maximum absolute atomic E-state index is 11.9. The van der Waals surface area contributed by atoms with E-state index < -0.39 is 0 Å². The van der Waals surface area contributed by atoms with Crippen LogP contribution in [0.25, 0.3) is 0 Å². The first-order valence-electron chi connectivity index (χ1n) is 6.37. The molecule has 0 aliphatic rings. The van der Waals surface area contributed by atoms with Gasteiger partial charge in [-0.2, -0.15) is 0 Å². The van der Waals surface area contributed by atoms with E-state index in [1.54, 1.807) is 30.0 Å². The Morgan fingerprint density at radius 2 is 2.05 bits per heavy atom. The molecule has 0 saturated heterocycles. The minimum absolute atomic E-state index is 0.114. The van der Waals surface area contributed by atoms with E-state index >= 15 is 0 Å². The summed E-state index contributed by atoms with van der Waals surface area (Å²) < 4.78 is 0.855. The Morgan fingerprint density at radius 1 is 1.32 bits per heavy atom. The van der Waals surface area contributed by atoms with Gasteiger partial charge in [-0.05, 0) is 23.4 Å². The number of halogens is 2. The monoisotopic (exact) mass is 393 g/mol. The van der Waals surface area contributed by atoms with Crippen molar-refractivity contribution in [3.63, 3.8) is 0 Å². The van der Waals surface area contributed by atoms with Crippen LogP contribution in [0.15, 0.2) is 22.5 Å². The van der Waals surface area contributed by atoms with Crippen molar-refractivity contribution in [2.45, 2.75) is 17.0 Å². The van der Waals surface area contributed by atoms with Gasteiger partial charge in [0, 0.05) is 15.8 Å². The average molecular weight is 394 g/mol. The van der Waals surface area contributed by atoms with Crippen molar-refractivity contribution < 1.29 is 4.79 Å². The van der Waals surface area contributed by atoms with E-state index in [0.29, 0.717) is 26.7 Å². The molecule has 1 aromatic heterocycles. The molecule has 0 radical (unpaired) electrons. The molecule has 0 atom stereocenters. The van der Waals surface area contributed by atoms with Crippen LogP contribution in [-0.4, -0.2) is 27.6 Å². The summed E-state index contributed by atoms with van der Waals surface area (Å²) in [6, 6.07) is 5.38. The first-order valence-corrected chi connectivity index (χ1v) is 10.1. The van der Waals surface area contributed by atoms with Gasteiger partial charge in [-0.25, -0.2) is 0 Å². The van der Waals surface area contributed by atoms with Crippen LogP contribution in [-0.2, 0) is 10.5 Å². The molecule has 118 valence electrons. The first kappa shape index (κ1) is 17.9. The van der Waals surface area contributed by atoms with Crippen molar-refractivity contribution in [1.82, 2.24) is 10.2 Å². The second kappa shape index (κ2) is 8.98. The smallest absolute Gasteiger partial charge is 0.236 e. The van der Waals surface area contributed by atoms with Crippen LogP contribution < -0.4 is 5.32 Å². The fourth-order valence-electron chi connectivity index (χ4n) is 1.51. The summed E-state index contributed by atoms with van der Waals surface area (Å²) >= 11 is 16.6. The summed E-state index contributed by atoms with van der Waals surface area (Å²) in [5, 5.41) is 12.4. The lowest BCUT2D eigenvalue weighted by molar-refractivity contribution is -0.113. The zero-order chi connectivity index (χ0) is 15.9. The summed E-state index contributed by atoms with van der Waals surface area (Å²) in [6.07, 6.45) is 0.